The molecule has 0 bridgehead atoms. The molecule has 0 spiro atoms. The first kappa shape index (κ1) is 12.6. The summed E-state index contributed by atoms with van der Waals surface area (Å²) in [5.74, 6) is 1.77. The first-order chi connectivity index (χ1) is 9.72. The lowest BCUT2D eigenvalue weighted by molar-refractivity contribution is 0.717. The molecule has 0 aliphatic carbocycles. The molecule has 3 rings (SSSR count). The molecule has 1 heterocycles. The van der Waals surface area contributed by atoms with Crippen molar-refractivity contribution in [2.24, 2.45) is 7.05 Å². The highest BCUT2D eigenvalue weighted by Gasteiger charge is 2.09. The molecule has 0 saturated heterocycles. The molecular weight excluding hydrogens is 246 g/mol. The molecule has 1 aromatic heterocycles. The normalized spacial score (nSPS) is 10.7. The second-order valence-electron chi connectivity index (χ2n) is 5.00. The lowest BCUT2D eigenvalue weighted by atomic mass is 10.1. The zero-order valence-electron chi connectivity index (χ0n) is 11.7. The van der Waals surface area contributed by atoms with E-state index < -0.39 is 0 Å². The van der Waals surface area contributed by atoms with Gasteiger partial charge in [0.25, 0.3) is 0 Å². The van der Waals surface area contributed by atoms with Gasteiger partial charge < -0.3 is 0 Å². The number of nitrogens with zero attached hydrogens (tertiary/aromatic N) is 3. The van der Waals surface area contributed by atoms with Crippen molar-refractivity contribution in [3.05, 3.63) is 71.5 Å². The van der Waals surface area contributed by atoms with E-state index in [0.29, 0.717) is 0 Å². The minimum atomic E-state index is 0.787. The van der Waals surface area contributed by atoms with Gasteiger partial charge in [-0.3, -0.25) is 4.68 Å². The molecule has 3 heteroatoms. The number of hydrogen-bond donors (Lipinski definition) is 0. The molecule has 0 N–H and O–H groups in total. The highest BCUT2D eigenvalue weighted by Crippen LogP contribution is 2.16. The molecule has 20 heavy (non-hydrogen) atoms. The van der Waals surface area contributed by atoms with Crippen LogP contribution < -0.4 is 0 Å². The second-order valence-corrected chi connectivity index (χ2v) is 5.00. The molecule has 0 radical (unpaired) electrons. The van der Waals surface area contributed by atoms with E-state index in [1.165, 1.54) is 11.1 Å². The van der Waals surface area contributed by atoms with Gasteiger partial charge in [0.05, 0.1) is 0 Å². The summed E-state index contributed by atoms with van der Waals surface area (Å²) in [7, 11) is 1.95. The van der Waals surface area contributed by atoms with Gasteiger partial charge in [-0.15, -0.1) is 0 Å². The molecule has 100 valence electrons. The van der Waals surface area contributed by atoms with E-state index in [-0.39, 0.29) is 0 Å². The lowest BCUT2D eigenvalue weighted by Crippen LogP contribution is -2.00. The Morgan fingerprint density at radius 3 is 2.35 bits per heavy atom. The minimum absolute atomic E-state index is 0.787. The highest BCUT2D eigenvalue weighted by atomic mass is 15.3. The third-order valence-corrected chi connectivity index (χ3v) is 3.37. The fraction of sp³-hybridized carbons (Fsp3) is 0.176. The van der Waals surface area contributed by atoms with Crippen LogP contribution in [0.2, 0.25) is 0 Å². The van der Waals surface area contributed by atoms with E-state index >= 15 is 0 Å². The maximum absolute atomic E-state index is 4.65. The van der Waals surface area contributed by atoms with Gasteiger partial charge in [-0.1, -0.05) is 60.2 Å². The Morgan fingerprint density at radius 1 is 0.950 bits per heavy atom. The van der Waals surface area contributed by atoms with Crippen LogP contribution >= 0.6 is 0 Å². The van der Waals surface area contributed by atoms with Crippen molar-refractivity contribution >= 4 is 0 Å². The standard InChI is InChI=1S/C17H17N3/c1-13-8-10-14(11-9-13)12-16-18-17(19-20(16)2)15-6-4-3-5-7-15/h3-11H,12H2,1-2H3. The van der Waals surface area contributed by atoms with Crippen molar-refractivity contribution in [1.29, 1.82) is 0 Å². The summed E-state index contributed by atoms with van der Waals surface area (Å²) in [5.41, 5.74) is 3.58. The van der Waals surface area contributed by atoms with Crippen LogP contribution in [0.15, 0.2) is 54.6 Å². The van der Waals surface area contributed by atoms with Crippen LogP contribution in [0.25, 0.3) is 11.4 Å². The Hall–Kier alpha value is -2.42. The Kier molecular flexibility index (Phi) is 3.33. The van der Waals surface area contributed by atoms with Gasteiger partial charge in [-0.25, -0.2) is 4.98 Å². The largest absolute Gasteiger partial charge is 0.252 e. The SMILES string of the molecule is Cc1ccc(Cc2nc(-c3ccccc3)nn2C)cc1. The predicted molar refractivity (Wildman–Crippen MR) is 80.4 cm³/mol. The summed E-state index contributed by atoms with van der Waals surface area (Å²) in [5, 5.41) is 4.50. The van der Waals surface area contributed by atoms with Gasteiger partial charge in [-0.05, 0) is 12.5 Å². The van der Waals surface area contributed by atoms with E-state index in [0.717, 1.165) is 23.6 Å². The van der Waals surface area contributed by atoms with Crippen LogP contribution in [-0.2, 0) is 13.5 Å². The minimum Gasteiger partial charge on any atom is -0.252 e. The van der Waals surface area contributed by atoms with E-state index in [9.17, 15) is 0 Å². The number of aromatic nitrogens is 3. The first-order valence-electron chi connectivity index (χ1n) is 6.73. The molecule has 0 fully saturated rings. The summed E-state index contributed by atoms with van der Waals surface area (Å²) in [4.78, 5) is 4.65. The van der Waals surface area contributed by atoms with Crippen molar-refractivity contribution in [2.75, 3.05) is 0 Å². The van der Waals surface area contributed by atoms with Crippen LogP contribution in [0.5, 0.6) is 0 Å². The van der Waals surface area contributed by atoms with Gasteiger partial charge in [0.2, 0.25) is 0 Å². The number of aryl methyl sites for hydroxylation is 2. The average Bonchev–Trinajstić information content (AvgIpc) is 2.84. The summed E-state index contributed by atoms with van der Waals surface area (Å²) < 4.78 is 1.86. The number of benzene rings is 2. The number of hydrogen-bond acceptors (Lipinski definition) is 2. The van der Waals surface area contributed by atoms with Crippen LogP contribution in [0.3, 0.4) is 0 Å². The molecule has 2 aromatic carbocycles. The fourth-order valence-electron chi connectivity index (χ4n) is 2.17. The van der Waals surface area contributed by atoms with E-state index in [4.69, 9.17) is 0 Å². The third kappa shape index (κ3) is 2.62. The van der Waals surface area contributed by atoms with Crippen molar-refractivity contribution in [1.82, 2.24) is 14.8 Å². The molecule has 0 saturated carbocycles. The first-order valence-corrected chi connectivity index (χ1v) is 6.73. The average molecular weight is 263 g/mol. The van der Waals surface area contributed by atoms with Crippen LogP contribution in [0.1, 0.15) is 17.0 Å². The maximum Gasteiger partial charge on any atom is 0.181 e. The van der Waals surface area contributed by atoms with Crippen molar-refractivity contribution in [2.45, 2.75) is 13.3 Å². The van der Waals surface area contributed by atoms with Crippen molar-refractivity contribution in [3.63, 3.8) is 0 Å². The molecule has 0 aliphatic rings. The van der Waals surface area contributed by atoms with Crippen molar-refractivity contribution in [3.8, 4) is 11.4 Å². The van der Waals surface area contributed by atoms with Crippen LogP contribution in [0, 0.1) is 6.92 Å². The van der Waals surface area contributed by atoms with Gasteiger partial charge in [0, 0.05) is 19.0 Å². The summed E-state index contributed by atoms with van der Waals surface area (Å²) in [6.07, 6.45) is 0.802. The second kappa shape index (κ2) is 5.29. The van der Waals surface area contributed by atoms with Gasteiger partial charge >= 0.3 is 0 Å². The molecule has 0 amide bonds. The number of rotatable bonds is 3. The zero-order chi connectivity index (χ0) is 13.9. The van der Waals surface area contributed by atoms with E-state index in [2.05, 4.69) is 41.3 Å². The lowest BCUT2D eigenvalue weighted by Gasteiger charge is -2.01. The van der Waals surface area contributed by atoms with Gasteiger partial charge in [0.1, 0.15) is 5.82 Å². The topological polar surface area (TPSA) is 30.7 Å². The smallest absolute Gasteiger partial charge is 0.181 e. The van der Waals surface area contributed by atoms with Gasteiger partial charge in [0.15, 0.2) is 5.82 Å². The van der Waals surface area contributed by atoms with Gasteiger partial charge in [-0.2, -0.15) is 5.10 Å². The maximum atomic E-state index is 4.65. The molecule has 0 atom stereocenters. The summed E-state index contributed by atoms with van der Waals surface area (Å²) >= 11 is 0. The third-order valence-electron chi connectivity index (χ3n) is 3.37. The molecule has 0 unspecified atom stereocenters. The zero-order valence-corrected chi connectivity index (χ0v) is 11.7. The Morgan fingerprint density at radius 2 is 1.65 bits per heavy atom. The Labute approximate surface area is 118 Å². The molecule has 3 nitrogen and oxygen atoms in total. The highest BCUT2D eigenvalue weighted by molar-refractivity contribution is 5.54. The molecule has 3 aromatic rings. The van der Waals surface area contributed by atoms with Crippen LogP contribution in [0.4, 0.5) is 0 Å². The summed E-state index contributed by atoms with van der Waals surface area (Å²) in [6, 6.07) is 18.6. The fourth-order valence-corrected chi connectivity index (χ4v) is 2.17. The Balaban J connectivity index is 1.88. The van der Waals surface area contributed by atoms with E-state index in [1.54, 1.807) is 0 Å². The molecular formula is C17H17N3. The Bertz CT molecular complexity index is 697. The van der Waals surface area contributed by atoms with E-state index in [1.807, 2.05) is 42.1 Å². The van der Waals surface area contributed by atoms with Crippen molar-refractivity contribution < 1.29 is 0 Å². The predicted octanol–water partition coefficient (Wildman–Crippen LogP) is 3.38. The quantitative estimate of drug-likeness (QED) is 0.725. The van der Waals surface area contributed by atoms with Crippen LogP contribution in [-0.4, -0.2) is 14.8 Å². The summed E-state index contributed by atoms with van der Waals surface area (Å²) in [6.45, 7) is 2.10. The monoisotopic (exact) mass is 263 g/mol. The molecule has 0 aliphatic heterocycles.